The second-order valence-corrected chi connectivity index (χ2v) is 7.89. The third kappa shape index (κ3) is 5.47. The summed E-state index contributed by atoms with van der Waals surface area (Å²) in [5.74, 6) is 1.68. The van der Waals surface area contributed by atoms with E-state index in [0.717, 1.165) is 30.7 Å². The molecule has 1 heterocycles. The lowest BCUT2D eigenvalue weighted by atomic mass is 9.83. The Hall–Kier alpha value is -1.55. The number of methoxy groups -OCH3 is 1. The third-order valence-electron chi connectivity index (χ3n) is 6.01. The predicted octanol–water partition coefficient (Wildman–Crippen LogP) is 3.79. The molecular formula is C22H34N2O2. The van der Waals surface area contributed by atoms with Crippen molar-refractivity contribution >= 4 is 5.91 Å². The van der Waals surface area contributed by atoms with Gasteiger partial charge >= 0.3 is 0 Å². The molecule has 1 aliphatic carbocycles. The lowest BCUT2D eigenvalue weighted by Crippen LogP contribution is -2.47. The van der Waals surface area contributed by atoms with Crippen LogP contribution in [0.4, 0.5) is 0 Å². The number of aryl methyl sites for hydroxylation is 1. The van der Waals surface area contributed by atoms with Crippen molar-refractivity contribution in [1.29, 1.82) is 0 Å². The fourth-order valence-corrected chi connectivity index (χ4v) is 4.53. The molecule has 1 saturated heterocycles. The largest absolute Gasteiger partial charge is 0.496 e. The van der Waals surface area contributed by atoms with Gasteiger partial charge in [-0.15, -0.1) is 0 Å². The lowest BCUT2D eigenvalue weighted by Gasteiger charge is -2.37. The number of benzene rings is 1. The van der Waals surface area contributed by atoms with Crippen molar-refractivity contribution in [1.82, 2.24) is 10.2 Å². The highest BCUT2D eigenvalue weighted by Gasteiger charge is 2.28. The van der Waals surface area contributed by atoms with Crippen molar-refractivity contribution in [2.24, 2.45) is 5.92 Å². The van der Waals surface area contributed by atoms with E-state index >= 15 is 0 Å². The Morgan fingerprint density at radius 1 is 1.12 bits per heavy atom. The molecule has 1 amide bonds. The number of amides is 1. The zero-order chi connectivity index (χ0) is 18.2. The van der Waals surface area contributed by atoms with Gasteiger partial charge in [0.15, 0.2) is 0 Å². The second-order valence-electron chi connectivity index (χ2n) is 7.89. The summed E-state index contributed by atoms with van der Waals surface area (Å²) in [6.07, 6.45) is 10.3. The molecule has 1 unspecified atom stereocenters. The molecule has 0 radical (unpaired) electrons. The standard InChI is InChI=1S/C22H34N2O2/c1-26-21-12-6-4-9-18(21)13-14-22(25)23-20-11-5-3-10-19(20)17-24-15-7-2-8-16-24/h4,6,9,12,19-20H,2-3,5,7-8,10-11,13-17H2,1H3,(H,23,25)/t19-,20?/m0/s1. The number of ether oxygens (including phenoxy) is 1. The number of carbonyl (C=O) groups is 1. The molecule has 2 atom stereocenters. The van der Waals surface area contributed by atoms with Crippen LogP contribution in [0.5, 0.6) is 5.75 Å². The highest BCUT2D eigenvalue weighted by Crippen LogP contribution is 2.27. The molecule has 2 aliphatic rings. The van der Waals surface area contributed by atoms with Crippen LogP contribution in [0.2, 0.25) is 0 Å². The van der Waals surface area contributed by atoms with Crippen molar-refractivity contribution in [3.8, 4) is 5.75 Å². The highest BCUT2D eigenvalue weighted by atomic mass is 16.5. The topological polar surface area (TPSA) is 41.6 Å². The molecule has 4 heteroatoms. The van der Waals surface area contributed by atoms with E-state index < -0.39 is 0 Å². The summed E-state index contributed by atoms with van der Waals surface area (Å²) in [4.78, 5) is 15.2. The van der Waals surface area contributed by atoms with Gasteiger partial charge in [-0.3, -0.25) is 4.79 Å². The molecule has 3 rings (SSSR count). The number of nitrogens with one attached hydrogen (secondary N) is 1. The summed E-state index contributed by atoms with van der Waals surface area (Å²) in [5.41, 5.74) is 1.11. The van der Waals surface area contributed by atoms with Gasteiger partial charge in [0, 0.05) is 19.0 Å². The van der Waals surface area contributed by atoms with Gasteiger partial charge in [0.05, 0.1) is 7.11 Å². The first kappa shape index (κ1) is 19.2. The Labute approximate surface area is 158 Å². The van der Waals surface area contributed by atoms with E-state index in [0.29, 0.717) is 18.4 Å². The summed E-state index contributed by atoms with van der Waals surface area (Å²) in [6, 6.07) is 8.34. The number of hydrogen-bond donors (Lipinski definition) is 1. The van der Waals surface area contributed by atoms with E-state index in [4.69, 9.17) is 4.74 Å². The number of piperidine rings is 1. The summed E-state index contributed by atoms with van der Waals surface area (Å²) in [6.45, 7) is 3.65. The normalized spacial score (nSPS) is 24.2. The Morgan fingerprint density at radius 2 is 1.88 bits per heavy atom. The van der Waals surface area contributed by atoms with E-state index in [1.807, 2.05) is 24.3 Å². The zero-order valence-corrected chi connectivity index (χ0v) is 16.2. The smallest absolute Gasteiger partial charge is 0.220 e. The maximum absolute atomic E-state index is 12.6. The van der Waals surface area contributed by atoms with Gasteiger partial charge < -0.3 is 15.0 Å². The van der Waals surface area contributed by atoms with Crippen LogP contribution in [0, 0.1) is 5.92 Å². The van der Waals surface area contributed by atoms with Crippen LogP contribution in [-0.2, 0) is 11.2 Å². The molecule has 0 bridgehead atoms. The molecule has 1 saturated carbocycles. The van der Waals surface area contributed by atoms with Gasteiger partial charge in [0.1, 0.15) is 5.75 Å². The number of likely N-dealkylation sites (tertiary alicyclic amines) is 1. The molecule has 1 N–H and O–H groups in total. The van der Waals surface area contributed by atoms with Crippen molar-refractivity contribution in [3.05, 3.63) is 29.8 Å². The summed E-state index contributed by atoms with van der Waals surface area (Å²) in [7, 11) is 1.69. The number of nitrogens with zero attached hydrogens (tertiary/aromatic N) is 1. The van der Waals surface area contributed by atoms with E-state index in [2.05, 4.69) is 10.2 Å². The Kier molecular flexibility index (Phi) is 7.36. The maximum atomic E-state index is 12.6. The SMILES string of the molecule is COc1ccccc1CCC(=O)NC1CCCC[C@H]1CN1CCCCC1. The van der Waals surface area contributed by atoms with Gasteiger partial charge in [0.2, 0.25) is 5.91 Å². The second kappa shape index (κ2) is 9.96. The summed E-state index contributed by atoms with van der Waals surface area (Å²) in [5, 5.41) is 3.36. The zero-order valence-electron chi connectivity index (χ0n) is 16.2. The average Bonchev–Trinajstić information content (AvgIpc) is 2.69. The first-order chi connectivity index (χ1) is 12.8. The molecule has 4 nitrogen and oxygen atoms in total. The minimum Gasteiger partial charge on any atom is -0.496 e. The fraction of sp³-hybridized carbons (Fsp3) is 0.682. The Bertz CT molecular complexity index is 569. The number of carbonyl (C=O) groups excluding carboxylic acids is 1. The first-order valence-corrected chi connectivity index (χ1v) is 10.4. The van der Waals surface area contributed by atoms with Gasteiger partial charge in [0.25, 0.3) is 0 Å². The molecule has 26 heavy (non-hydrogen) atoms. The van der Waals surface area contributed by atoms with Crippen LogP contribution in [0.25, 0.3) is 0 Å². The van der Waals surface area contributed by atoms with Crippen LogP contribution in [0.1, 0.15) is 56.9 Å². The van der Waals surface area contributed by atoms with Crippen LogP contribution in [0.3, 0.4) is 0 Å². The third-order valence-corrected chi connectivity index (χ3v) is 6.01. The Balaban J connectivity index is 1.49. The quantitative estimate of drug-likeness (QED) is 0.806. The predicted molar refractivity (Wildman–Crippen MR) is 105 cm³/mol. The lowest BCUT2D eigenvalue weighted by molar-refractivity contribution is -0.122. The minimum absolute atomic E-state index is 0.187. The Morgan fingerprint density at radius 3 is 2.69 bits per heavy atom. The van der Waals surface area contributed by atoms with Crippen molar-refractivity contribution < 1.29 is 9.53 Å². The van der Waals surface area contributed by atoms with Crippen molar-refractivity contribution in [3.63, 3.8) is 0 Å². The monoisotopic (exact) mass is 358 g/mol. The molecule has 1 aliphatic heterocycles. The van der Waals surface area contributed by atoms with Crippen molar-refractivity contribution in [2.75, 3.05) is 26.7 Å². The molecule has 1 aromatic carbocycles. The first-order valence-electron chi connectivity index (χ1n) is 10.4. The van der Waals surface area contributed by atoms with Gasteiger partial charge in [-0.05, 0) is 62.7 Å². The minimum atomic E-state index is 0.187. The molecule has 1 aromatic rings. The number of rotatable bonds is 7. The molecule has 2 fully saturated rings. The van der Waals surface area contributed by atoms with E-state index in [9.17, 15) is 4.79 Å². The van der Waals surface area contributed by atoms with Crippen LogP contribution >= 0.6 is 0 Å². The number of para-hydroxylation sites is 1. The van der Waals surface area contributed by atoms with Gasteiger partial charge in [-0.1, -0.05) is 37.5 Å². The molecule has 0 spiro atoms. The molecule has 0 aromatic heterocycles. The summed E-state index contributed by atoms with van der Waals surface area (Å²) < 4.78 is 5.39. The molecular weight excluding hydrogens is 324 g/mol. The van der Waals surface area contributed by atoms with Crippen LogP contribution in [-0.4, -0.2) is 43.6 Å². The highest BCUT2D eigenvalue weighted by molar-refractivity contribution is 5.76. The maximum Gasteiger partial charge on any atom is 0.220 e. The van der Waals surface area contributed by atoms with Gasteiger partial charge in [-0.25, -0.2) is 0 Å². The van der Waals surface area contributed by atoms with E-state index in [1.54, 1.807) is 7.11 Å². The van der Waals surface area contributed by atoms with Gasteiger partial charge in [-0.2, -0.15) is 0 Å². The fourth-order valence-electron chi connectivity index (χ4n) is 4.53. The number of hydrogen-bond acceptors (Lipinski definition) is 3. The van der Waals surface area contributed by atoms with Crippen LogP contribution in [0.15, 0.2) is 24.3 Å². The van der Waals surface area contributed by atoms with E-state index in [1.165, 1.54) is 51.6 Å². The van der Waals surface area contributed by atoms with E-state index in [-0.39, 0.29) is 5.91 Å². The average molecular weight is 359 g/mol. The summed E-state index contributed by atoms with van der Waals surface area (Å²) >= 11 is 0. The van der Waals surface area contributed by atoms with Crippen molar-refractivity contribution in [2.45, 2.75) is 63.8 Å². The molecule has 144 valence electrons. The van der Waals surface area contributed by atoms with Crippen LogP contribution < -0.4 is 10.1 Å².